The maximum absolute atomic E-state index is 6.03. The number of hydrogen-bond donors (Lipinski definition) is 0. The van der Waals surface area contributed by atoms with E-state index in [1.165, 1.54) is 49.8 Å². The van der Waals surface area contributed by atoms with Gasteiger partial charge < -0.3 is 19.0 Å². The summed E-state index contributed by atoms with van der Waals surface area (Å²) in [4.78, 5) is 13.5. The van der Waals surface area contributed by atoms with Gasteiger partial charge in [0.2, 0.25) is 0 Å². The molecule has 0 unspecified atom stereocenters. The fourth-order valence-corrected chi connectivity index (χ4v) is 10.7. The predicted molar refractivity (Wildman–Crippen MR) is 267 cm³/mol. The Labute approximate surface area is 396 Å². The van der Waals surface area contributed by atoms with E-state index in [1.807, 2.05) is 12.3 Å². The van der Waals surface area contributed by atoms with Crippen molar-refractivity contribution < 1.29 is 21.1 Å². The number of para-hydroxylation sites is 1. The minimum Gasteiger partial charge on any atom is -0.358 e. The maximum atomic E-state index is 6.03. The second kappa shape index (κ2) is 15.9. The summed E-state index contributed by atoms with van der Waals surface area (Å²) in [6.45, 7) is 18.1. The van der Waals surface area contributed by atoms with E-state index in [2.05, 4.69) is 227 Å². The van der Waals surface area contributed by atoms with Crippen LogP contribution >= 0.6 is 0 Å². The first-order valence-corrected chi connectivity index (χ1v) is 22.4. The fourth-order valence-electron chi connectivity index (χ4n) is 10.7. The minimum absolute atomic E-state index is 0. The van der Waals surface area contributed by atoms with Gasteiger partial charge in [-0.1, -0.05) is 126 Å². The van der Waals surface area contributed by atoms with Gasteiger partial charge >= 0.3 is 21.1 Å². The number of fused-ring (bicyclic) bond motifs is 6. The molecule has 1 aliphatic rings. The van der Waals surface area contributed by atoms with Crippen LogP contribution in [-0.4, -0.2) is 31.0 Å². The molecule has 322 valence electrons. The van der Waals surface area contributed by atoms with E-state index in [0.29, 0.717) is 0 Å². The van der Waals surface area contributed by atoms with Crippen LogP contribution in [0, 0.1) is 46.8 Å². The van der Waals surface area contributed by atoms with Gasteiger partial charge in [0.15, 0.2) is 0 Å². The molecule has 7 aromatic carbocycles. The van der Waals surface area contributed by atoms with Crippen molar-refractivity contribution in [2.45, 2.75) is 72.4 Å². The van der Waals surface area contributed by atoms with Crippen molar-refractivity contribution in [2.24, 2.45) is 4.99 Å². The molecule has 0 aliphatic carbocycles. The van der Waals surface area contributed by atoms with Crippen molar-refractivity contribution in [3.63, 3.8) is 0 Å². The number of benzene rings is 7. The van der Waals surface area contributed by atoms with Gasteiger partial charge in [-0.05, 0) is 112 Å². The molecule has 6 heteroatoms. The molecule has 0 radical (unpaired) electrons. The molecule has 0 saturated heterocycles. The van der Waals surface area contributed by atoms with Crippen molar-refractivity contribution in [1.82, 2.24) is 14.1 Å². The van der Waals surface area contributed by atoms with Crippen LogP contribution in [-0.2, 0) is 21.1 Å². The van der Waals surface area contributed by atoms with Crippen LogP contribution in [0.2, 0.25) is 0 Å². The molecule has 0 bridgehead atoms. The molecular weight excluding hydrogens is 974 g/mol. The van der Waals surface area contributed by atoms with Crippen LogP contribution in [0.25, 0.3) is 55.1 Å². The molecule has 11 rings (SSSR count). The normalized spacial score (nSPS) is 16.0. The van der Waals surface area contributed by atoms with E-state index in [4.69, 9.17) is 9.98 Å². The Hall–Kier alpha value is -6.55. The van der Waals surface area contributed by atoms with E-state index in [-0.39, 0.29) is 27.0 Å². The number of pyridine rings is 1. The molecule has 4 heterocycles. The van der Waals surface area contributed by atoms with Gasteiger partial charge in [-0.25, -0.2) is 4.98 Å². The summed E-state index contributed by atoms with van der Waals surface area (Å²) >= 11 is 0. The number of anilines is 1. The summed E-state index contributed by atoms with van der Waals surface area (Å²) in [5, 5.41) is 4.64. The summed E-state index contributed by atoms with van der Waals surface area (Å²) in [5.41, 5.74) is 15.5. The van der Waals surface area contributed by atoms with Crippen LogP contribution < -0.4 is 4.90 Å². The van der Waals surface area contributed by atoms with Crippen LogP contribution in [0.4, 0.5) is 5.69 Å². The molecule has 0 N–H and O–H groups in total. The minimum atomic E-state index is -0.612. The summed E-state index contributed by atoms with van der Waals surface area (Å²) in [5.74, 6) is 0.881. The molecule has 65 heavy (non-hydrogen) atoms. The third kappa shape index (κ3) is 6.61. The van der Waals surface area contributed by atoms with Crippen LogP contribution in [0.3, 0.4) is 0 Å². The smallest absolute Gasteiger partial charge is 0.358 e. The first-order valence-electron chi connectivity index (χ1n) is 22.4. The average Bonchev–Trinajstić information content (AvgIpc) is 3.86. The van der Waals surface area contributed by atoms with Gasteiger partial charge in [0.05, 0.1) is 22.4 Å². The van der Waals surface area contributed by atoms with Crippen LogP contribution in [0.1, 0.15) is 71.2 Å². The second-order valence-corrected chi connectivity index (χ2v) is 18.6. The Morgan fingerprint density at radius 1 is 0.523 bits per heavy atom. The molecule has 0 amide bonds. The zero-order valence-electron chi connectivity index (χ0n) is 38.1. The number of nitrogens with zero attached hydrogens (tertiary/aromatic N) is 5. The summed E-state index contributed by atoms with van der Waals surface area (Å²) in [7, 11) is 0. The van der Waals surface area contributed by atoms with Crippen LogP contribution in [0.5, 0.6) is 0 Å². The van der Waals surface area contributed by atoms with Crippen molar-refractivity contribution in [3.8, 4) is 11.4 Å². The average molecular weight is 1030 g/mol. The molecule has 5 nitrogen and oxygen atoms in total. The molecule has 0 saturated carbocycles. The predicted octanol–water partition coefficient (Wildman–Crippen LogP) is 14.1. The second-order valence-electron chi connectivity index (χ2n) is 18.6. The monoisotopic (exact) mass is 1020 g/mol. The largest absolute Gasteiger partial charge is 2.00 e. The van der Waals surface area contributed by atoms with Crippen LogP contribution in [0.15, 0.2) is 163 Å². The fraction of sp³-hybridized carbons (Fsp3) is 0.186. The molecule has 0 fully saturated rings. The Kier molecular flexibility index (Phi) is 10.3. The molecule has 0 spiro atoms. The van der Waals surface area contributed by atoms with Gasteiger partial charge in [0.1, 0.15) is 5.65 Å². The van der Waals surface area contributed by atoms with E-state index in [9.17, 15) is 0 Å². The standard InChI is InChI=1S/C59H51N5.Pt/c1-37-24-28-51-49(33-37)47-27-26-45(63-52-29-25-38(2)34-50(52)48-23-16-30-60-57(48)63)36-53(47)62(51)46-32-39(3)31-44(35-46)56-61-59(8,58(6,7)64(56)55-40(4)17-15-18-41(55)5)54(42-19-11-9-12-20-42)43-21-13-10-14-22-43;/h9-34,54H,1-8H3;/q-2;+2/t59-;/m1./s1. The molecule has 3 aromatic heterocycles. The van der Waals surface area contributed by atoms with Crippen molar-refractivity contribution >= 4 is 55.3 Å². The number of hydrogen-bond acceptors (Lipinski definition) is 3. The van der Waals surface area contributed by atoms with Gasteiger partial charge in [-0.2, -0.15) is 6.07 Å². The number of rotatable bonds is 7. The van der Waals surface area contributed by atoms with Gasteiger partial charge in [-0.3, -0.25) is 0 Å². The van der Waals surface area contributed by atoms with E-state index in [0.717, 1.165) is 61.3 Å². The Morgan fingerprint density at radius 3 is 1.78 bits per heavy atom. The van der Waals surface area contributed by atoms with Gasteiger partial charge in [-0.15, -0.1) is 46.8 Å². The maximum Gasteiger partial charge on any atom is 2.00 e. The first kappa shape index (κ1) is 42.4. The first-order chi connectivity index (χ1) is 30.9. The van der Waals surface area contributed by atoms with Gasteiger partial charge in [0.25, 0.3) is 0 Å². The zero-order valence-corrected chi connectivity index (χ0v) is 40.4. The third-order valence-electron chi connectivity index (χ3n) is 14.1. The van der Waals surface area contributed by atoms with E-state index >= 15 is 0 Å². The SMILES string of the molecule is Cc1cc(C2=N[C@](C)(C(c3ccccc3)c3ccccc3)C(C)(C)N2c2c(C)cccc2C)[c-]c(-n2c3[c-]c(-n4c5ccc(C)cc5c5cccnc54)ccc3c3cc(C)ccc32)c1.[Pt+2]. The number of aliphatic imine (C=N–C) groups is 1. The topological polar surface area (TPSA) is 38.4 Å². The van der Waals surface area contributed by atoms with Crippen molar-refractivity contribution in [2.75, 3.05) is 4.90 Å². The summed E-state index contributed by atoms with van der Waals surface area (Å²) in [6.07, 6.45) is 1.88. The number of aromatic nitrogens is 3. The number of amidine groups is 1. The molecule has 1 atom stereocenters. The summed E-state index contributed by atoms with van der Waals surface area (Å²) in [6, 6.07) is 63.1. The molecule has 10 aromatic rings. The van der Waals surface area contributed by atoms with E-state index < -0.39 is 11.1 Å². The zero-order chi connectivity index (χ0) is 44.1. The quantitative estimate of drug-likeness (QED) is 0.149. The summed E-state index contributed by atoms with van der Waals surface area (Å²) < 4.78 is 4.62. The van der Waals surface area contributed by atoms with Gasteiger partial charge in [0, 0.05) is 34.1 Å². The Balaban J connectivity index is 0.00000498. The Bertz CT molecular complexity index is 3450. The Morgan fingerprint density at radius 2 is 1.14 bits per heavy atom. The van der Waals surface area contributed by atoms with Crippen molar-refractivity contribution in [3.05, 3.63) is 214 Å². The molecular formula is C59H51N5Pt. The van der Waals surface area contributed by atoms with E-state index in [1.54, 1.807) is 0 Å². The number of aryl methyl sites for hydroxylation is 5. The van der Waals surface area contributed by atoms with Crippen molar-refractivity contribution in [1.29, 1.82) is 0 Å². The molecule has 1 aliphatic heterocycles. The third-order valence-corrected chi connectivity index (χ3v) is 14.1.